The predicted molar refractivity (Wildman–Crippen MR) is 83.3 cm³/mol. The number of hydrogen-bond donors (Lipinski definition) is 1. The first-order valence-corrected chi connectivity index (χ1v) is 8.01. The molecule has 0 unspecified atom stereocenters. The zero-order valence-corrected chi connectivity index (χ0v) is 13.1. The van der Waals surface area contributed by atoms with Gasteiger partial charge in [-0.05, 0) is 57.1 Å². The lowest BCUT2D eigenvalue weighted by Gasteiger charge is -2.27. The fourth-order valence-corrected chi connectivity index (χ4v) is 2.87. The standard InChI is InChI=1S/C17H28N2O/c1-4-16-17(10-7-14(3)19-16)20-12-11-18-15-8-5-13(2)6-9-15/h7,10,13,15,18H,4-6,8-9,11-12H2,1-3H3. The van der Waals surface area contributed by atoms with Crippen LogP contribution in [0, 0.1) is 12.8 Å². The van der Waals surface area contributed by atoms with Gasteiger partial charge in [0.2, 0.25) is 0 Å². The molecule has 0 spiro atoms. The van der Waals surface area contributed by atoms with Crippen LogP contribution < -0.4 is 10.1 Å². The highest BCUT2D eigenvalue weighted by Gasteiger charge is 2.17. The minimum Gasteiger partial charge on any atom is -0.490 e. The molecule has 0 atom stereocenters. The van der Waals surface area contributed by atoms with Crippen molar-refractivity contribution in [2.75, 3.05) is 13.2 Å². The third-order valence-electron chi connectivity index (χ3n) is 4.22. The van der Waals surface area contributed by atoms with Gasteiger partial charge in [0.15, 0.2) is 0 Å². The van der Waals surface area contributed by atoms with Crippen molar-refractivity contribution in [1.82, 2.24) is 10.3 Å². The van der Waals surface area contributed by atoms with Crippen LogP contribution in [0.1, 0.15) is 50.9 Å². The van der Waals surface area contributed by atoms with Gasteiger partial charge >= 0.3 is 0 Å². The molecule has 112 valence electrons. The Morgan fingerprint density at radius 1 is 1.25 bits per heavy atom. The van der Waals surface area contributed by atoms with Gasteiger partial charge in [-0.15, -0.1) is 0 Å². The summed E-state index contributed by atoms with van der Waals surface area (Å²) in [6, 6.07) is 4.75. The van der Waals surface area contributed by atoms with Gasteiger partial charge < -0.3 is 10.1 Å². The van der Waals surface area contributed by atoms with Crippen molar-refractivity contribution < 1.29 is 4.74 Å². The maximum atomic E-state index is 5.87. The second-order valence-corrected chi connectivity index (χ2v) is 6.01. The van der Waals surface area contributed by atoms with Crippen LogP contribution in [0.15, 0.2) is 12.1 Å². The highest BCUT2D eigenvalue weighted by atomic mass is 16.5. The minimum absolute atomic E-state index is 0.691. The monoisotopic (exact) mass is 276 g/mol. The molecule has 0 radical (unpaired) electrons. The van der Waals surface area contributed by atoms with Gasteiger partial charge in [-0.3, -0.25) is 4.98 Å². The Hall–Kier alpha value is -1.09. The molecule has 20 heavy (non-hydrogen) atoms. The Morgan fingerprint density at radius 2 is 2.00 bits per heavy atom. The molecule has 1 aromatic rings. The van der Waals surface area contributed by atoms with Crippen LogP contribution in [0.3, 0.4) is 0 Å². The van der Waals surface area contributed by atoms with E-state index in [1.54, 1.807) is 0 Å². The molecule has 1 N–H and O–H groups in total. The van der Waals surface area contributed by atoms with E-state index in [2.05, 4.69) is 24.1 Å². The summed E-state index contributed by atoms with van der Waals surface area (Å²) in [4.78, 5) is 4.52. The Labute approximate surface area is 123 Å². The minimum atomic E-state index is 0.691. The summed E-state index contributed by atoms with van der Waals surface area (Å²) in [7, 11) is 0. The number of pyridine rings is 1. The predicted octanol–water partition coefficient (Wildman–Crippen LogP) is 3.50. The van der Waals surface area contributed by atoms with Crippen LogP contribution in [0.5, 0.6) is 5.75 Å². The van der Waals surface area contributed by atoms with Crippen LogP contribution in [0.4, 0.5) is 0 Å². The van der Waals surface area contributed by atoms with Crippen LogP contribution in [0.2, 0.25) is 0 Å². The number of aromatic nitrogens is 1. The SMILES string of the molecule is CCc1nc(C)ccc1OCCNC1CCC(C)CC1. The van der Waals surface area contributed by atoms with E-state index in [0.29, 0.717) is 6.04 Å². The van der Waals surface area contributed by atoms with Crippen LogP contribution in [-0.2, 0) is 6.42 Å². The molecular formula is C17H28N2O. The summed E-state index contributed by atoms with van der Waals surface area (Å²) in [5.74, 6) is 1.85. The van der Waals surface area contributed by atoms with E-state index < -0.39 is 0 Å². The van der Waals surface area contributed by atoms with Crippen LogP contribution in [0.25, 0.3) is 0 Å². The zero-order chi connectivity index (χ0) is 14.4. The average molecular weight is 276 g/mol. The highest BCUT2D eigenvalue weighted by molar-refractivity contribution is 5.29. The second-order valence-electron chi connectivity index (χ2n) is 6.01. The Kier molecular flexibility index (Phi) is 5.84. The molecule has 1 aromatic heterocycles. The van der Waals surface area contributed by atoms with Gasteiger partial charge in [-0.2, -0.15) is 0 Å². The lowest BCUT2D eigenvalue weighted by Crippen LogP contribution is -2.35. The van der Waals surface area contributed by atoms with Crippen molar-refractivity contribution in [2.45, 2.75) is 58.9 Å². The lowest BCUT2D eigenvalue weighted by molar-refractivity contribution is 0.268. The van der Waals surface area contributed by atoms with Gasteiger partial charge in [-0.25, -0.2) is 0 Å². The molecule has 3 nitrogen and oxygen atoms in total. The molecule has 1 aliphatic rings. The van der Waals surface area contributed by atoms with Gasteiger partial charge in [0.05, 0.1) is 5.69 Å². The normalized spacial score (nSPS) is 22.8. The average Bonchev–Trinajstić information content (AvgIpc) is 2.46. The number of aryl methyl sites for hydroxylation is 2. The van der Waals surface area contributed by atoms with Crippen LogP contribution in [-0.4, -0.2) is 24.2 Å². The van der Waals surface area contributed by atoms with Gasteiger partial charge in [0.1, 0.15) is 12.4 Å². The van der Waals surface area contributed by atoms with E-state index in [-0.39, 0.29) is 0 Å². The van der Waals surface area contributed by atoms with E-state index in [4.69, 9.17) is 4.74 Å². The molecule has 1 heterocycles. The van der Waals surface area contributed by atoms with Crippen molar-refractivity contribution in [3.05, 3.63) is 23.5 Å². The zero-order valence-electron chi connectivity index (χ0n) is 13.1. The van der Waals surface area contributed by atoms with Crippen molar-refractivity contribution >= 4 is 0 Å². The van der Waals surface area contributed by atoms with Crippen molar-refractivity contribution in [3.8, 4) is 5.75 Å². The quantitative estimate of drug-likeness (QED) is 0.808. The molecule has 0 aromatic carbocycles. The van der Waals surface area contributed by atoms with Gasteiger partial charge in [0.25, 0.3) is 0 Å². The van der Waals surface area contributed by atoms with E-state index in [0.717, 1.165) is 42.6 Å². The summed E-state index contributed by atoms with van der Waals surface area (Å²) in [5.41, 5.74) is 2.13. The molecule has 1 fully saturated rings. The Balaban J connectivity index is 1.71. The summed E-state index contributed by atoms with van der Waals surface area (Å²) < 4.78 is 5.87. The molecule has 1 aliphatic carbocycles. The fraction of sp³-hybridized carbons (Fsp3) is 0.706. The summed E-state index contributed by atoms with van der Waals surface area (Å²) in [5, 5.41) is 3.62. The summed E-state index contributed by atoms with van der Waals surface area (Å²) in [6.07, 6.45) is 6.27. The lowest BCUT2D eigenvalue weighted by atomic mass is 9.87. The van der Waals surface area contributed by atoms with E-state index in [1.165, 1.54) is 25.7 Å². The van der Waals surface area contributed by atoms with Crippen molar-refractivity contribution in [1.29, 1.82) is 0 Å². The van der Waals surface area contributed by atoms with Crippen molar-refractivity contribution in [2.24, 2.45) is 5.92 Å². The second kappa shape index (κ2) is 7.63. The number of rotatable bonds is 6. The van der Waals surface area contributed by atoms with Gasteiger partial charge in [-0.1, -0.05) is 13.8 Å². The highest BCUT2D eigenvalue weighted by Crippen LogP contribution is 2.23. The van der Waals surface area contributed by atoms with Crippen LogP contribution >= 0.6 is 0 Å². The third-order valence-corrected chi connectivity index (χ3v) is 4.22. The summed E-state index contributed by atoms with van der Waals surface area (Å²) in [6.45, 7) is 8.15. The molecule has 2 rings (SSSR count). The molecule has 0 amide bonds. The first kappa shape index (κ1) is 15.3. The number of hydrogen-bond acceptors (Lipinski definition) is 3. The fourth-order valence-electron chi connectivity index (χ4n) is 2.87. The third kappa shape index (κ3) is 4.48. The number of nitrogens with zero attached hydrogens (tertiary/aromatic N) is 1. The molecule has 3 heteroatoms. The van der Waals surface area contributed by atoms with Gasteiger partial charge in [0, 0.05) is 18.3 Å². The van der Waals surface area contributed by atoms with E-state index in [9.17, 15) is 0 Å². The molecule has 0 bridgehead atoms. The molecular weight excluding hydrogens is 248 g/mol. The molecule has 0 saturated heterocycles. The van der Waals surface area contributed by atoms with Crippen molar-refractivity contribution in [3.63, 3.8) is 0 Å². The Bertz CT molecular complexity index is 411. The number of ether oxygens (including phenoxy) is 1. The topological polar surface area (TPSA) is 34.1 Å². The van der Waals surface area contributed by atoms with E-state index >= 15 is 0 Å². The summed E-state index contributed by atoms with van der Waals surface area (Å²) >= 11 is 0. The smallest absolute Gasteiger partial charge is 0.140 e. The maximum Gasteiger partial charge on any atom is 0.140 e. The molecule has 0 aliphatic heterocycles. The first-order valence-electron chi connectivity index (χ1n) is 8.01. The number of nitrogens with one attached hydrogen (secondary N) is 1. The maximum absolute atomic E-state index is 5.87. The first-order chi connectivity index (χ1) is 9.69. The molecule has 1 saturated carbocycles. The van der Waals surface area contributed by atoms with E-state index in [1.807, 2.05) is 19.1 Å². The largest absolute Gasteiger partial charge is 0.490 e. The Morgan fingerprint density at radius 3 is 2.70 bits per heavy atom.